The van der Waals surface area contributed by atoms with E-state index in [4.69, 9.17) is 25.0 Å². The highest BCUT2D eigenvalue weighted by molar-refractivity contribution is 6.62. The second-order valence-corrected chi connectivity index (χ2v) is 10.1. The Morgan fingerprint density at radius 2 is 1.66 bits per heavy atom. The molecule has 5 aromatic rings. The Morgan fingerprint density at radius 3 is 2.49 bits per heavy atom. The van der Waals surface area contributed by atoms with Gasteiger partial charge in [-0.3, -0.25) is 0 Å². The summed E-state index contributed by atoms with van der Waals surface area (Å²) in [5, 5.41) is 1.63. The van der Waals surface area contributed by atoms with Gasteiger partial charge in [0.15, 0.2) is 0 Å². The van der Waals surface area contributed by atoms with Gasteiger partial charge in [-0.05, 0) is 69.4 Å². The molecule has 1 aliphatic heterocycles. The molecule has 35 heavy (non-hydrogen) atoms. The molecule has 174 valence electrons. The van der Waals surface area contributed by atoms with E-state index in [9.17, 15) is 1.37 Å². The molecule has 0 radical (unpaired) electrons. The zero-order valence-corrected chi connectivity index (χ0v) is 20.0. The van der Waals surface area contributed by atoms with E-state index in [0.717, 1.165) is 5.39 Å². The molecule has 3 heterocycles. The number of para-hydroxylation sites is 1. The lowest BCUT2D eigenvalue weighted by Crippen LogP contribution is -2.41. The maximum atomic E-state index is 9.93. The zero-order chi connectivity index (χ0) is 29.2. The second kappa shape index (κ2) is 7.13. The van der Waals surface area contributed by atoms with E-state index in [-0.39, 0.29) is 64.4 Å². The quantitative estimate of drug-likeness (QED) is 0.258. The van der Waals surface area contributed by atoms with Gasteiger partial charge in [-0.2, -0.15) is 0 Å². The third-order valence-electron chi connectivity index (χ3n) is 7.46. The summed E-state index contributed by atoms with van der Waals surface area (Å²) in [4.78, 5) is 0. The minimum atomic E-state index is -1.66. The predicted molar refractivity (Wildman–Crippen MR) is 141 cm³/mol. The summed E-state index contributed by atoms with van der Waals surface area (Å²) in [6, 6.07) is 11.9. The van der Waals surface area contributed by atoms with Gasteiger partial charge >= 0.3 is 7.12 Å². The standard InChI is InChI=1S/C30H27BO4/c1-29(2)30(3,4)35-31(34-29)18-15-16-22-26(17-18)33-25-14-8-11-20(28(22)25)19-10-7-13-24-27(19)21-9-5-6-12-23(21)32-24/h5-10,12-17,20H,11H2,1-4H3/i8D,14D,15D,16D,17D,20D. The SMILES string of the molecule is [2H]C1=C([2H])c2oc3c([2H])c(B4OC(C)(C)C(C)(C)O4)c([2H])c([2H])c3c2C([2H])(c2cccc3oc4ccccc4c23)C1. The lowest BCUT2D eigenvalue weighted by Gasteiger charge is -2.32. The Morgan fingerprint density at radius 1 is 0.886 bits per heavy atom. The van der Waals surface area contributed by atoms with E-state index in [1.54, 1.807) is 12.1 Å². The van der Waals surface area contributed by atoms with Gasteiger partial charge in [-0.1, -0.05) is 48.5 Å². The molecule has 2 aromatic heterocycles. The van der Waals surface area contributed by atoms with E-state index >= 15 is 0 Å². The van der Waals surface area contributed by atoms with Crippen LogP contribution in [0.2, 0.25) is 0 Å². The van der Waals surface area contributed by atoms with E-state index in [1.807, 2.05) is 58.0 Å². The minimum absolute atomic E-state index is 0.0268. The second-order valence-electron chi connectivity index (χ2n) is 10.1. The molecule has 0 N–H and O–H groups in total. The lowest BCUT2D eigenvalue weighted by molar-refractivity contribution is 0.00578. The van der Waals surface area contributed by atoms with Crippen LogP contribution in [0, 0.1) is 0 Å². The predicted octanol–water partition coefficient (Wildman–Crippen LogP) is 7.18. The molecule has 1 aliphatic carbocycles. The van der Waals surface area contributed by atoms with Gasteiger partial charge in [0.1, 0.15) is 22.5 Å². The molecule has 1 unspecified atom stereocenters. The first kappa shape index (κ1) is 15.7. The summed E-state index contributed by atoms with van der Waals surface area (Å²) in [6.07, 6.45) is -0.148. The number of fused-ring (bicyclic) bond motifs is 6. The van der Waals surface area contributed by atoms with Crippen LogP contribution in [0.3, 0.4) is 0 Å². The minimum Gasteiger partial charge on any atom is -0.456 e. The Kier molecular flexibility index (Phi) is 3.19. The summed E-state index contributed by atoms with van der Waals surface area (Å²) < 4.78 is 78.9. The van der Waals surface area contributed by atoms with Crippen molar-refractivity contribution in [3.63, 3.8) is 0 Å². The highest BCUT2D eigenvalue weighted by Crippen LogP contribution is 2.45. The van der Waals surface area contributed by atoms with Crippen LogP contribution in [0.15, 0.2) is 75.5 Å². The van der Waals surface area contributed by atoms with Crippen LogP contribution in [0.4, 0.5) is 0 Å². The van der Waals surface area contributed by atoms with Crippen molar-refractivity contribution < 1.29 is 26.4 Å². The molecule has 0 spiro atoms. The summed E-state index contributed by atoms with van der Waals surface area (Å²) in [6.45, 7) is 7.47. The molecular weight excluding hydrogens is 435 g/mol. The van der Waals surface area contributed by atoms with Crippen LogP contribution in [-0.4, -0.2) is 18.3 Å². The van der Waals surface area contributed by atoms with Crippen LogP contribution < -0.4 is 5.46 Å². The Bertz CT molecular complexity index is 1960. The van der Waals surface area contributed by atoms with Gasteiger partial charge in [-0.25, -0.2) is 0 Å². The van der Waals surface area contributed by atoms with Gasteiger partial charge in [0.25, 0.3) is 0 Å². The topological polar surface area (TPSA) is 44.7 Å². The van der Waals surface area contributed by atoms with Crippen molar-refractivity contribution in [1.82, 2.24) is 0 Å². The first-order valence-electron chi connectivity index (χ1n) is 14.8. The van der Waals surface area contributed by atoms with Crippen LogP contribution >= 0.6 is 0 Å². The van der Waals surface area contributed by atoms with Gasteiger partial charge in [0.05, 0.1) is 18.1 Å². The summed E-state index contributed by atoms with van der Waals surface area (Å²) >= 11 is 0. The molecule has 0 bridgehead atoms. The molecule has 1 saturated heterocycles. The monoisotopic (exact) mass is 468 g/mol. The smallest absolute Gasteiger partial charge is 0.456 e. The summed E-state index contributed by atoms with van der Waals surface area (Å²) in [5.41, 5.74) is 0.560. The Hall–Kier alpha value is -3.28. The maximum absolute atomic E-state index is 9.93. The van der Waals surface area contributed by atoms with Crippen molar-refractivity contribution in [2.45, 2.75) is 51.2 Å². The number of furan rings is 2. The Balaban J connectivity index is 1.54. The lowest BCUT2D eigenvalue weighted by atomic mass is 9.77. The molecule has 5 heteroatoms. The van der Waals surface area contributed by atoms with Gasteiger partial charge < -0.3 is 18.1 Å². The van der Waals surface area contributed by atoms with Crippen molar-refractivity contribution in [3.8, 4) is 0 Å². The van der Waals surface area contributed by atoms with E-state index in [0.29, 0.717) is 22.1 Å². The fraction of sp³-hybridized carbons (Fsp3) is 0.267. The molecule has 1 atom stereocenters. The Labute approximate surface area is 213 Å². The molecule has 1 fully saturated rings. The average Bonchev–Trinajstić information content (AvgIpc) is 3.56. The highest BCUT2D eigenvalue weighted by atomic mass is 16.7. The summed E-state index contributed by atoms with van der Waals surface area (Å²) in [5.74, 6) is -1.70. The van der Waals surface area contributed by atoms with Crippen LogP contribution in [0.1, 0.15) is 65.1 Å². The third-order valence-corrected chi connectivity index (χ3v) is 7.46. The number of allylic oxidation sites excluding steroid dienone is 1. The number of benzene rings is 3. The van der Waals surface area contributed by atoms with Crippen LogP contribution in [-0.2, 0) is 9.31 Å². The van der Waals surface area contributed by atoms with Gasteiger partial charge in [-0.15, -0.1) is 0 Å². The van der Waals surface area contributed by atoms with Gasteiger partial charge in [0, 0.05) is 29.0 Å². The molecule has 0 saturated carbocycles. The zero-order valence-electron chi connectivity index (χ0n) is 26.0. The van der Waals surface area contributed by atoms with Crippen molar-refractivity contribution in [1.29, 1.82) is 0 Å². The largest absolute Gasteiger partial charge is 0.494 e. The van der Waals surface area contributed by atoms with Crippen LogP contribution in [0.5, 0.6) is 0 Å². The molecule has 7 rings (SSSR count). The maximum Gasteiger partial charge on any atom is 0.494 e. The number of rotatable bonds is 2. The molecule has 3 aromatic carbocycles. The van der Waals surface area contributed by atoms with Crippen molar-refractivity contribution >= 4 is 51.5 Å². The van der Waals surface area contributed by atoms with E-state index < -0.39 is 24.2 Å². The first-order chi connectivity index (χ1) is 19.3. The molecule has 4 nitrogen and oxygen atoms in total. The molecule has 0 amide bonds. The van der Waals surface area contributed by atoms with E-state index in [1.165, 1.54) is 0 Å². The highest BCUT2D eigenvalue weighted by Gasteiger charge is 2.51. The average molecular weight is 468 g/mol. The van der Waals surface area contributed by atoms with Crippen molar-refractivity contribution in [3.05, 3.63) is 83.5 Å². The van der Waals surface area contributed by atoms with Crippen molar-refractivity contribution in [2.75, 3.05) is 0 Å². The van der Waals surface area contributed by atoms with Gasteiger partial charge in [0.2, 0.25) is 0 Å². The summed E-state index contributed by atoms with van der Waals surface area (Å²) in [7, 11) is -1.07. The van der Waals surface area contributed by atoms with Crippen molar-refractivity contribution in [2.24, 2.45) is 0 Å². The normalized spacial score (nSPS) is 25.9. The molecule has 2 aliphatic rings. The number of hydrogen-bond donors (Lipinski definition) is 0. The third kappa shape index (κ3) is 3.01. The fourth-order valence-electron chi connectivity index (χ4n) is 4.93. The van der Waals surface area contributed by atoms with E-state index in [2.05, 4.69) is 0 Å². The first-order valence-corrected chi connectivity index (χ1v) is 11.8. The molecular formula is C30H27BO4. The van der Waals surface area contributed by atoms with Crippen LogP contribution in [0.25, 0.3) is 39.0 Å². The number of hydrogen-bond acceptors (Lipinski definition) is 4. The fourth-order valence-corrected chi connectivity index (χ4v) is 4.93.